The zero-order valence-corrected chi connectivity index (χ0v) is 18.4. The fourth-order valence-electron chi connectivity index (χ4n) is 4.89. The molecule has 5 rings (SSSR count). The molecule has 1 saturated heterocycles. The maximum atomic E-state index is 14.0. The summed E-state index contributed by atoms with van der Waals surface area (Å²) in [5.74, 6) is -0.808. The molecule has 0 spiro atoms. The van der Waals surface area contributed by atoms with E-state index in [1.807, 2.05) is 36.4 Å². The van der Waals surface area contributed by atoms with Crippen LogP contribution in [0, 0.1) is 5.92 Å². The molecule has 3 atom stereocenters. The van der Waals surface area contributed by atoms with Gasteiger partial charge < -0.3 is 14.9 Å². The SMILES string of the molecule is O=C(NC1CCCCC1)C(c1cccnc1)N(C(=O)C1=NOC2OCCC12)c1ccccc1. The van der Waals surface area contributed by atoms with Crippen LogP contribution < -0.4 is 10.2 Å². The molecule has 2 amide bonds. The van der Waals surface area contributed by atoms with Gasteiger partial charge in [-0.3, -0.25) is 19.5 Å². The second-order valence-corrected chi connectivity index (χ2v) is 8.76. The summed E-state index contributed by atoms with van der Waals surface area (Å²) >= 11 is 0. The van der Waals surface area contributed by atoms with Crippen molar-refractivity contribution in [2.24, 2.45) is 11.1 Å². The van der Waals surface area contributed by atoms with E-state index in [1.165, 1.54) is 11.3 Å². The number of carbonyl (C=O) groups excluding carboxylic acids is 2. The Morgan fingerprint density at radius 1 is 1.03 bits per heavy atom. The lowest BCUT2D eigenvalue weighted by Crippen LogP contribution is -2.49. The minimum absolute atomic E-state index is 0.109. The van der Waals surface area contributed by atoms with E-state index in [-0.39, 0.29) is 23.8 Å². The fraction of sp³-hybridized carbons (Fsp3) is 0.440. The van der Waals surface area contributed by atoms with Gasteiger partial charge in [0.05, 0.1) is 12.5 Å². The minimum Gasteiger partial charge on any atom is -0.362 e. The van der Waals surface area contributed by atoms with Gasteiger partial charge >= 0.3 is 0 Å². The standard InChI is InChI=1S/C25H28N4O4/c30-23(27-18-9-3-1-4-10-18)22(17-8-7-14-26-16-17)29(19-11-5-2-6-12-19)24(31)21-20-13-15-32-25(20)33-28-21/h2,5-8,11-12,14,16,18,20,22,25H,1,3-4,9-10,13,15H2,(H,27,30). The molecule has 2 aliphatic heterocycles. The van der Waals surface area contributed by atoms with Gasteiger partial charge in [0, 0.05) is 29.7 Å². The number of hydrogen-bond acceptors (Lipinski definition) is 6. The number of carbonyl (C=O) groups is 2. The van der Waals surface area contributed by atoms with Gasteiger partial charge in [0.1, 0.15) is 6.04 Å². The third-order valence-electron chi connectivity index (χ3n) is 6.58. The van der Waals surface area contributed by atoms with Crippen molar-refractivity contribution in [3.05, 3.63) is 60.4 Å². The summed E-state index contributed by atoms with van der Waals surface area (Å²) in [7, 11) is 0. The van der Waals surface area contributed by atoms with Crippen molar-refractivity contribution in [2.75, 3.05) is 11.5 Å². The predicted octanol–water partition coefficient (Wildman–Crippen LogP) is 3.35. The molecule has 1 aliphatic carbocycles. The Kier molecular flexibility index (Phi) is 6.35. The summed E-state index contributed by atoms with van der Waals surface area (Å²) in [6.07, 6.45) is 8.71. The molecular weight excluding hydrogens is 420 g/mol. The Balaban J connectivity index is 1.53. The fourth-order valence-corrected chi connectivity index (χ4v) is 4.89. The van der Waals surface area contributed by atoms with Crippen LogP contribution in [0.1, 0.15) is 50.1 Å². The molecule has 2 fully saturated rings. The van der Waals surface area contributed by atoms with Crippen LogP contribution in [-0.4, -0.2) is 41.4 Å². The summed E-state index contributed by atoms with van der Waals surface area (Å²) in [4.78, 5) is 38.8. The number of oxime groups is 1. The molecule has 33 heavy (non-hydrogen) atoms. The van der Waals surface area contributed by atoms with Crippen LogP contribution in [0.2, 0.25) is 0 Å². The van der Waals surface area contributed by atoms with Gasteiger partial charge in [-0.25, -0.2) is 0 Å². The first-order chi connectivity index (χ1) is 16.2. The van der Waals surface area contributed by atoms with Crippen molar-refractivity contribution in [1.82, 2.24) is 10.3 Å². The van der Waals surface area contributed by atoms with Crippen LogP contribution in [0.15, 0.2) is 60.0 Å². The largest absolute Gasteiger partial charge is 0.362 e. The molecule has 8 heteroatoms. The average molecular weight is 449 g/mol. The van der Waals surface area contributed by atoms with E-state index < -0.39 is 12.3 Å². The molecule has 3 heterocycles. The van der Waals surface area contributed by atoms with Gasteiger partial charge in [0.15, 0.2) is 5.71 Å². The maximum Gasteiger partial charge on any atom is 0.277 e. The minimum atomic E-state index is -0.889. The number of fused-ring (bicyclic) bond motifs is 1. The quantitative estimate of drug-likeness (QED) is 0.732. The molecule has 1 aromatic carbocycles. The number of para-hydroxylation sites is 1. The van der Waals surface area contributed by atoms with Crippen molar-refractivity contribution >= 4 is 23.2 Å². The zero-order chi connectivity index (χ0) is 22.6. The molecule has 2 aromatic rings. The number of anilines is 1. The number of benzene rings is 1. The molecule has 1 aromatic heterocycles. The molecule has 3 unspecified atom stereocenters. The summed E-state index contributed by atoms with van der Waals surface area (Å²) in [5, 5.41) is 7.27. The summed E-state index contributed by atoms with van der Waals surface area (Å²) < 4.78 is 5.54. The molecule has 172 valence electrons. The third-order valence-corrected chi connectivity index (χ3v) is 6.58. The number of hydrogen-bond donors (Lipinski definition) is 1. The number of ether oxygens (including phenoxy) is 1. The Labute approximate surface area is 193 Å². The van der Waals surface area contributed by atoms with Crippen LogP contribution in [0.3, 0.4) is 0 Å². The molecule has 3 aliphatic rings. The van der Waals surface area contributed by atoms with Crippen molar-refractivity contribution in [3.8, 4) is 0 Å². The van der Waals surface area contributed by atoms with Gasteiger partial charge in [-0.05, 0) is 37.5 Å². The van der Waals surface area contributed by atoms with Crippen LogP contribution in [0.5, 0.6) is 0 Å². The second-order valence-electron chi connectivity index (χ2n) is 8.76. The van der Waals surface area contributed by atoms with E-state index in [9.17, 15) is 9.59 Å². The van der Waals surface area contributed by atoms with E-state index >= 15 is 0 Å². The molecule has 0 bridgehead atoms. The highest BCUT2D eigenvalue weighted by Gasteiger charge is 2.46. The third kappa shape index (κ3) is 4.48. The lowest BCUT2D eigenvalue weighted by Gasteiger charge is -2.33. The molecular formula is C25H28N4O4. The van der Waals surface area contributed by atoms with Gasteiger partial charge in [0.25, 0.3) is 5.91 Å². The van der Waals surface area contributed by atoms with Crippen molar-refractivity contribution < 1.29 is 19.2 Å². The van der Waals surface area contributed by atoms with E-state index in [1.54, 1.807) is 18.5 Å². The molecule has 8 nitrogen and oxygen atoms in total. The Morgan fingerprint density at radius 2 is 1.85 bits per heavy atom. The number of pyridine rings is 1. The van der Waals surface area contributed by atoms with Crippen molar-refractivity contribution in [1.29, 1.82) is 0 Å². The highest BCUT2D eigenvalue weighted by Crippen LogP contribution is 2.34. The lowest BCUT2D eigenvalue weighted by atomic mass is 9.94. The smallest absolute Gasteiger partial charge is 0.277 e. The van der Waals surface area contributed by atoms with Crippen molar-refractivity contribution in [2.45, 2.75) is 56.9 Å². The monoisotopic (exact) mass is 448 g/mol. The summed E-state index contributed by atoms with van der Waals surface area (Å²) in [6, 6.07) is 12.1. The number of nitrogens with one attached hydrogen (secondary N) is 1. The number of rotatable bonds is 6. The number of aromatic nitrogens is 1. The number of amides is 2. The van der Waals surface area contributed by atoms with E-state index in [0.717, 1.165) is 25.7 Å². The zero-order valence-electron chi connectivity index (χ0n) is 18.4. The summed E-state index contributed by atoms with van der Waals surface area (Å²) in [5.41, 5.74) is 1.54. The van der Waals surface area contributed by atoms with Gasteiger partial charge in [-0.15, -0.1) is 0 Å². The van der Waals surface area contributed by atoms with Crippen LogP contribution >= 0.6 is 0 Å². The first-order valence-corrected chi connectivity index (χ1v) is 11.7. The normalized spacial score (nSPS) is 23.2. The highest BCUT2D eigenvalue weighted by atomic mass is 16.8. The van der Waals surface area contributed by atoms with E-state index in [2.05, 4.69) is 15.5 Å². The van der Waals surface area contributed by atoms with E-state index in [0.29, 0.717) is 30.0 Å². The predicted molar refractivity (Wildman–Crippen MR) is 122 cm³/mol. The topological polar surface area (TPSA) is 93.1 Å². The number of nitrogens with zero attached hydrogens (tertiary/aromatic N) is 3. The highest BCUT2D eigenvalue weighted by molar-refractivity contribution is 6.45. The van der Waals surface area contributed by atoms with Crippen molar-refractivity contribution in [3.63, 3.8) is 0 Å². The summed E-state index contributed by atoms with van der Waals surface area (Å²) in [6.45, 7) is 0.515. The van der Waals surface area contributed by atoms with Crippen LogP contribution in [-0.2, 0) is 19.2 Å². The molecule has 1 N–H and O–H groups in total. The second kappa shape index (κ2) is 9.70. The van der Waals surface area contributed by atoms with E-state index in [4.69, 9.17) is 9.57 Å². The first kappa shape index (κ1) is 21.6. The average Bonchev–Trinajstić information content (AvgIpc) is 3.48. The first-order valence-electron chi connectivity index (χ1n) is 11.7. The van der Waals surface area contributed by atoms with Gasteiger partial charge in [0.2, 0.25) is 12.2 Å². The lowest BCUT2D eigenvalue weighted by molar-refractivity contribution is -0.125. The Hall–Kier alpha value is -3.26. The molecule has 1 saturated carbocycles. The Bertz CT molecular complexity index is 1010. The van der Waals surface area contributed by atoms with Gasteiger partial charge in [-0.2, -0.15) is 0 Å². The van der Waals surface area contributed by atoms with Gasteiger partial charge in [-0.1, -0.05) is 48.7 Å². The van der Waals surface area contributed by atoms with Crippen LogP contribution in [0.25, 0.3) is 0 Å². The Morgan fingerprint density at radius 3 is 2.61 bits per heavy atom. The van der Waals surface area contributed by atoms with Crippen LogP contribution in [0.4, 0.5) is 5.69 Å². The maximum absolute atomic E-state index is 14.0. The molecule has 0 radical (unpaired) electrons.